The molecule has 2 aromatic carbocycles. The van der Waals surface area contributed by atoms with Crippen molar-refractivity contribution in [1.82, 2.24) is 14.7 Å². The van der Waals surface area contributed by atoms with Gasteiger partial charge in [-0.1, -0.05) is 48.5 Å². The Morgan fingerprint density at radius 1 is 1.19 bits per heavy atom. The predicted octanol–water partition coefficient (Wildman–Crippen LogP) is 2.15. The molecule has 26 heavy (non-hydrogen) atoms. The number of aliphatic hydroxyl groups is 1. The van der Waals surface area contributed by atoms with Crippen molar-refractivity contribution in [3.8, 4) is 0 Å². The van der Waals surface area contributed by atoms with E-state index < -0.39 is 6.10 Å². The molecular formula is C20H21N3O3. The Bertz CT molecular complexity index is 922. The predicted molar refractivity (Wildman–Crippen MR) is 97.8 cm³/mol. The van der Waals surface area contributed by atoms with Crippen molar-refractivity contribution in [1.29, 1.82) is 0 Å². The topological polar surface area (TPSA) is 67.6 Å². The van der Waals surface area contributed by atoms with Gasteiger partial charge in [0.05, 0.1) is 24.8 Å². The number of ether oxygens (including phenoxy) is 1. The van der Waals surface area contributed by atoms with Gasteiger partial charge in [-0.3, -0.25) is 9.48 Å². The van der Waals surface area contributed by atoms with Gasteiger partial charge in [0, 0.05) is 19.0 Å². The summed E-state index contributed by atoms with van der Waals surface area (Å²) in [5.74, 6) is -0.141. The van der Waals surface area contributed by atoms with Crippen LogP contribution < -0.4 is 0 Å². The van der Waals surface area contributed by atoms with E-state index in [1.807, 2.05) is 61.6 Å². The summed E-state index contributed by atoms with van der Waals surface area (Å²) >= 11 is 0. The largest absolute Gasteiger partial charge is 0.394 e. The monoisotopic (exact) mass is 351 g/mol. The van der Waals surface area contributed by atoms with E-state index in [9.17, 15) is 9.90 Å². The summed E-state index contributed by atoms with van der Waals surface area (Å²) in [5, 5.41) is 15.1. The van der Waals surface area contributed by atoms with Crippen LogP contribution in [0, 0.1) is 0 Å². The van der Waals surface area contributed by atoms with Crippen molar-refractivity contribution in [3.63, 3.8) is 0 Å². The van der Waals surface area contributed by atoms with Gasteiger partial charge in [0.15, 0.2) is 5.69 Å². The smallest absolute Gasteiger partial charge is 0.275 e. The van der Waals surface area contributed by atoms with E-state index in [-0.39, 0.29) is 18.6 Å². The fourth-order valence-corrected chi connectivity index (χ4v) is 3.67. The van der Waals surface area contributed by atoms with E-state index >= 15 is 0 Å². The van der Waals surface area contributed by atoms with E-state index in [1.54, 1.807) is 9.58 Å². The summed E-state index contributed by atoms with van der Waals surface area (Å²) < 4.78 is 7.46. The zero-order chi connectivity index (χ0) is 18.1. The number of hydrogen-bond donors (Lipinski definition) is 1. The molecule has 0 saturated carbocycles. The third-order valence-electron chi connectivity index (χ3n) is 4.89. The third-order valence-corrected chi connectivity index (χ3v) is 4.89. The van der Waals surface area contributed by atoms with E-state index in [4.69, 9.17) is 4.74 Å². The molecule has 0 bridgehead atoms. The maximum Gasteiger partial charge on any atom is 0.275 e. The summed E-state index contributed by atoms with van der Waals surface area (Å²) in [6.07, 6.45) is -0.454. The molecule has 1 N–H and O–H groups in total. The molecular weight excluding hydrogens is 330 g/mol. The SMILES string of the molecule is Cn1nc(C(=O)N2CCO[C@@H](CO)[C@@H]2c2ccccc2)c2ccccc21. The number of carbonyl (C=O) groups is 1. The van der Waals surface area contributed by atoms with Crippen molar-refractivity contribution < 1.29 is 14.6 Å². The average Bonchev–Trinajstić information content (AvgIpc) is 3.04. The number of fused-ring (bicyclic) bond motifs is 1. The Labute approximate surface area is 151 Å². The molecule has 1 aliphatic heterocycles. The van der Waals surface area contributed by atoms with Gasteiger partial charge in [-0.15, -0.1) is 0 Å². The van der Waals surface area contributed by atoms with Gasteiger partial charge in [-0.25, -0.2) is 0 Å². The minimum atomic E-state index is -0.454. The van der Waals surface area contributed by atoms with Crippen molar-refractivity contribution in [2.75, 3.05) is 19.8 Å². The molecule has 0 radical (unpaired) electrons. The number of aryl methyl sites for hydroxylation is 1. The third kappa shape index (κ3) is 2.77. The van der Waals surface area contributed by atoms with Gasteiger partial charge in [0.1, 0.15) is 6.10 Å². The molecule has 6 heteroatoms. The van der Waals surface area contributed by atoms with Gasteiger partial charge in [0.25, 0.3) is 5.91 Å². The summed E-state index contributed by atoms with van der Waals surface area (Å²) in [4.78, 5) is 15.2. The minimum absolute atomic E-state index is 0.141. The van der Waals surface area contributed by atoms with Crippen LogP contribution in [0.3, 0.4) is 0 Å². The summed E-state index contributed by atoms with van der Waals surface area (Å²) in [6, 6.07) is 17.1. The van der Waals surface area contributed by atoms with E-state index in [0.29, 0.717) is 18.8 Å². The lowest BCUT2D eigenvalue weighted by atomic mass is 9.97. The van der Waals surface area contributed by atoms with Crippen LogP contribution in [0.2, 0.25) is 0 Å². The molecule has 1 fully saturated rings. The first-order valence-corrected chi connectivity index (χ1v) is 8.71. The molecule has 4 rings (SSSR count). The molecule has 0 aliphatic carbocycles. The normalized spacial score (nSPS) is 20.5. The van der Waals surface area contributed by atoms with Gasteiger partial charge in [-0.2, -0.15) is 5.10 Å². The highest BCUT2D eigenvalue weighted by molar-refractivity contribution is 6.05. The molecule has 2 heterocycles. The number of nitrogens with zero attached hydrogens (tertiary/aromatic N) is 3. The molecule has 2 atom stereocenters. The molecule has 0 unspecified atom stereocenters. The Morgan fingerprint density at radius 2 is 1.92 bits per heavy atom. The number of benzene rings is 2. The fourth-order valence-electron chi connectivity index (χ4n) is 3.67. The van der Waals surface area contributed by atoms with Crippen LogP contribution in [-0.2, 0) is 11.8 Å². The maximum absolute atomic E-state index is 13.4. The second-order valence-corrected chi connectivity index (χ2v) is 6.44. The molecule has 6 nitrogen and oxygen atoms in total. The molecule has 0 spiro atoms. The lowest BCUT2D eigenvalue weighted by Gasteiger charge is -2.40. The Morgan fingerprint density at radius 3 is 2.69 bits per heavy atom. The Kier molecular flexibility index (Phi) is 4.44. The minimum Gasteiger partial charge on any atom is -0.394 e. The zero-order valence-electron chi connectivity index (χ0n) is 14.6. The summed E-state index contributed by atoms with van der Waals surface area (Å²) in [7, 11) is 1.84. The summed E-state index contributed by atoms with van der Waals surface area (Å²) in [6.45, 7) is 0.706. The van der Waals surface area contributed by atoms with E-state index in [0.717, 1.165) is 16.5 Å². The molecule has 1 amide bonds. The zero-order valence-corrected chi connectivity index (χ0v) is 14.6. The van der Waals surface area contributed by atoms with Crippen LogP contribution in [0.5, 0.6) is 0 Å². The quantitative estimate of drug-likeness (QED) is 0.785. The first-order chi connectivity index (χ1) is 12.7. The number of amides is 1. The fraction of sp³-hybridized carbons (Fsp3) is 0.300. The number of hydrogen-bond acceptors (Lipinski definition) is 4. The highest BCUT2D eigenvalue weighted by atomic mass is 16.5. The molecule has 1 aromatic heterocycles. The van der Waals surface area contributed by atoms with Gasteiger partial charge in [0.2, 0.25) is 0 Å². The van der Waals surface area contributed by atoms with Crippen LogP contribution in [0.15, 0.2) is 54.6 Å². The number of carbonyl (C=O) groups excluding carboxylic acids is 1. The number of para-hydroxylation sites is 1. The first kappa shape index (κ1) is 16.8. The number of aromatic nitrogens is 2. The highest BCUT2D eigenvalue weighted by Gasteiger charge is 2.37. The number of morpholine rings is 1. The first-order valence-electron chi connectivity index (χ1n) is 8.71. The van der Waals surface area contributed by atoms with Crippen LogP contribution in [-0.4, -0.2) is 51.6 Å². The lowest BCUT2D eigenvalue weighted by Crippen LogP contribution is -2.49. The Balaban J connectivity index is 1.77. The average molecular weight is 351 g/mol. The van der Waals surface area contributed by atoms with Crippen LogP contribution >= 0.6 is 0 Å². The highest BCUT2D eigenvalue weighted by Crippen LogP contribution is 2.31. The van der Waals surface area contributed by atoms with E-state index in [1.165, 1.54) is 0 Å². The van der Waals surface area contributed by atoms with Gasteiger partial charge in [-0.05, 0) is 11.6 Å². The standard InChI is InChI=1S/C20H21N3O3/c1-22-16-10-6-5-9-15(16)18(21-22)20(25)23-11-12-26-17(13-24)19(23)14-7-3-2-4-8-14/h2-10,17,19,24H,11-13H2,1H3/t17-,19-/m0/s1. The maximum atomic E-state index is 13.4. The molecule has 1 saturated heterocycles. The van der Waals surface area contributed by atoms with Crippen LogP contribution in [0.4, 0.5) is 0 Å². The van der Waals surface area contributed by atoms with Crippen LogP contribution in [0.25, 0.3) is 10.9 Å². The summed E-state index contributed by atoms with van der Waals surface area (Å²) in [5.41, 5.74) is 2.29. The van der Waals surface area contributed by atoms with E-state index in [2.05, 4.69) is 5.10 Å². The van der Waals surface area contributed by atoms with Crippen molar-refractivity contribution in [3.05, 3.63) is 65.9 Å². The number of aliphatic hydroxyl groups excluding tert-OH is 1. The second kappa shape index (κ2) is 6.90. The van der Waals surface area contributed by atoms with Gasteiger partial charge >= 0.3 is 0 Å². The Hall–Kier alpha value is -2.70. The van der Waals surface area contributed by atoms with Crippen molar-refractivity contribution in [2.45, 2.75) is 12.1 Å². The number of rotatable bonds is 3. The lowest BCUT2D eigenvalue weighted by molar-refractivity contribution is -0.0812. The van der Waals surface area contributed by atoms with Crippen LogP contribution in [0.1, 0.15) is 22.1 Å². The molecule has 3 aromatic rings. The van der Waals surface area contributed by atoms with Crippen molar-refractivity contribution in [2.24, 2.45) is 7.05 Å². The molecule has 134 valence electrons. The van der Waals surface area contributed by atoms with Gasteiger partial charge < -0.3 is 14.7 Å². The molecule has 1 aliphatic rings. The second-order valence-electron chi connectivity index (χ2n) is 6.44. The van der Waals surface area contributed by atoms with Crippen molar-refractivity contribution >= 4 is 16.8 Å².